The first-order valence-corrected chi connectivity index (χ1v) is 3.46. The molecule has 0 saturated carbocycles. The summed E-state index contributed by atoms with van der Waals surface area (Å²) in [5.41, 5.74) is -0.830. The van der Waals surface area contributed by atoms with Gasteiger partial charge in [0.1, 0.15) is 0 Å². The number of likely N-dealkylation sites (N-methyl/N-ethyl adjacent to an activating group) is 1. The zero-order valence-corrected chi connectivity index (χ0v) is 7.32. The van der Waals surface area contributed by atoms with Crippen LogP contribution in [-0.4, -0.2) is 32.2 Å². The van der Waals surface area contributed by atoms with Gasteiger partial charge < -0.3 is 10.1 Å². The molecule has 0 rings (SSSR count). The quantitative estimate of drug-likeness (QED) is 0.680. The molecule has 0 saturated heterocycles. The first-order valence-electron chi connectivity index (χ1n) is 3.46. The number of rotatable bonds is 4. The van der Waals surface area contributed by atoms with Gasteiger partial charge in [-0.2, -0.15) is 0 Å². The van der Waals surface area contributed by atoms with E-state index in [9.17, 15) is 8.78 Å². The first kappa shape index (κ1) is 10.8. The third-order valence-corrected chi connectivity index (χ3v) is 1.84. The molecule has 11 heavy (non-hydrogen) atoms. The van der Waals surface area contributed by atoms with Gasteiger partial charge in [0, 0.05) is 7.11 Å². The Bertz CT molecular complexity index is 117. The molecule has 0 aromatic rings. The van der Waals surface area contributed by atoms with Crippen LogP contribution in [0.25, 0.3) is 0 Å². The Morgan fingerprint density at radius 3 is 1.91 bits per heavy atom. The van der Waals surface area contributed by atoms with Crippen LogP contribution in [0.5, 0.6) is 0 Å². The highest BCUT2D eigenvalue weighted by Crippen LogP contribution is 2.18. The third kappa shape index (κ3) is 2.71. The fourth-order valence-electron chi connectivity index (χ4n) is 0.904. The van der Waals surface area contributed by atoms with Crippen molar-refractivity contribution in [3.8, 4) is 0 Å². The minimum atomic E-state index is -2.41. The lowest BCUT2D eigenvalue weighted by atomic mass is 9.99. The molecule has 0 bridgehead atoms. The zero-order valence-electron chi connectivity index (χ0n) is 7.32. The molecule has 4 heteroatoms. The average molecular weight is 167 g/mol. The van der Waals surface area contributed by atoms with E-state index in [1.54, 1.807) is 13.8 Å². The Hall–Kier alpha value is -0.220. The van der Waals surface area contributed by atoms with Gasteiger partial charge in [0.25, 0.3) is 6.43 Å². The van der Waals surface area contributed by atoms with Gasteiger partial charge in [0.2, 0.25) is 0 Å². The van der Waals surface area contributed by atoms with Crippen LogP contribution in [0, 0.1) is 0 Å². The number of nitrogens with one attached hydrogen (secondary N) is 1. The summed E-state index contributed by atoms with van der Waals surface area (Å²) in [5.74, 6) is 0. The molecule has 1 atom stereocenters. The van der Waals surface area contributed by atoms with E-state index in [0.717, 1.165) is 0 Å². The molecule has 0 aromatic heterocycles. The van der Waals surface area contributed by atoms with Gasteiger partial charge in [0.05, 0.1) is 11.6 Å². The van der Waals surface area contributed by atoms with E-state index in [1.807, 2.05) is 0 Å². The molecule has 68 valence electrons. The van der Waals surface area contributed by atoms with Crippen LogP contribution in [0.3, 0.4) is 0 Å². The van der Waals surface area contributed by atoms with Crippen molar-refractivity contribution in [2.75, 3.05) is 14.2 Å². The van der Waals surface area contributed by atoms with E-state index in [1.165, 1.54) is 14.2 Å². The predicted molar refractivity (Wildman–Crippen MR) is 39.9 cm³/mol. The second-order valence-electron chi connectivity index (χ2n) is 2.91. The summed E-state index contributed by atoms with van der Waals surface area (Å²) in [6, 6.07) is -0.924. The highest BCUT2D eigenvalue weighted by Gasteiger charge is 2.35. The maximum atomic E-state index is 12.2. The van der Waals surface area contributed by atoms with Crippen molar-refractivity contribution >= 4 is 0 Å². The van der Waals surface area contributed by atoms with Gasteiger partial charge in [-0.25, -0.2) is 8.78 Å². The van der Waals surface area contributed by atoms with Crippen molar-refractivity contribution in [3.63, 3.8) is 0 Å². The van der Waals surface area contributed by atoms with Crippen molar-refractivity contribution in [3.05, 3.63) is 0 Å². The highest BCUT2D eigenvalue weighted by molar-refractivity contribution is 4.86. The number of alkyl halides is 2. The Morgan fingerprint density at radius 1 is 1.36 bits per heavy atom. The van der Waals surface area contributed by atoms with E-state index >= 15 is 0 Å². The summed E-state index contributed by atoms with van der Waals surface area (Å²) in [5, 5.41) is 2.52. The highest BCUT2D eigenvalue weighted by atomic mass is 19.3. The van der Waals surface area contributed by atoms with Crippen molar-refractivity contribution in [1.29, 1.82) is 0 Å². The molecule has 0 aromatic carbocycles. The van der Waals surface area contributed by atoms with Crippen LogP contribution < -0.4 is 5.32 Å². The van der Waals surface area contributed by atoms with Crippen molar-refractivity contribution in [1.82, 2.24) is 5.32 Å². The molecule has 0 aliphatic carbocycles. The largest absolute Gasteiger partial charge is 0.377 e. The van der Waals surface area contributed by atoms with Gasteiger partial charge in [-0.05, 0) is 20.9 Å². The second kappa shape index (κ2) is 3.97. The van der Waals surface area contributed by atoms with Crippen LogP contribution in [0.4, 0.5) is 8.78 Å². The summed E-state index contributed by atoms with van der Waals surface area (Å²) in [6.45, 7) is 3.25. The number of hydrogen-bond acceptors (Lipinski definition) is 2. The van der Waals surface area contributed by atoms with Crippen LogP contribution in [0.15, 0.2) is 0 Å². The Labute approximate surface area is 65.9 Å². The van der Waals surface area contributed by atoms with Gasteiger partial charge >= 0.3 is 0 Å². The van der Waals surface area contributed by atoms with Crippen LogP contribution >= 0.6 is 0 Å². The molecular weight excluding hydrogens is 152 g/mol. The fourth-order valence-corrected chi connectivity index (χ4v) is 0.904. The Balaban J connectivity index is 4.23. The number of ether oxygens (including phenoxy) is 1. The summed E-state index contributed by atoms with van der Waals surface area (Å²) in [4.78, 5) is 0. The normalized spacial score (nSPS) is 15.5. The van der Waals surface area contributed by atoms with Crippen LogP contribution in [0.2, 0.25) is 0 Å². The van der Waals surface area contributed by atoms with E-state index in [0.29, 0.717) is 0 Å². The van der Waals surface area contributed by atoms with E-state index in [4.69, 9.17) is 4.74 Å². The molecule has 1 unspecified atom stereocenters. The average Bonchev–Trinajstić information content (AvgIpc) is 1.88. The minimum Gasteiger partial charge on any atom is -0.377 e. The minimum absolute atomic E-state index is 0.830. The van der Waals surface area contributed by atoms with Crippen molar-refractivity contribution in [2.24, 2.45) is 0 Å². The summed E-state index contributed by atoms with van der Waals surface area (Å²) < 4.78 is 29.4. The molecule has 0 heterocycles. The van der Waals surface area contributed by atoms with E-state index in [-0.39, 0.29) is 0 Å². The maximum Gasteiger partial charge on any atom is 0.256 e. The van der Waals surface area contributed by atoms with Crippen LogP contribution in [0.1, 0.15) is 13.8 Å². The van der Waals surface area contributed by atoms with Gasteiger partial charge in [0.15, 0.2) is 0 Å². The van der Waals surface area contributed by atoms with Crippen molar-refractivity contribution in [2.45, 2.75) is 31.9 Å². The number of methoxy groups -OCH3 is 1. The zero-order chi connectivity index (χ0) is 9.07. The molecule has 0 radical (unpaired) electrons. The molecule has 0 amide bonds. The Kier molecular flexibility index (Phi) is 3.89. The SMILES string of the molecule is CNC(C(F)F)C(C)(C)OC. The molecular formula is C7H15F2NO. The number of hydrogen-bond donors (Lipinski definition) is 1. The van der Waals surface area contributed by atoms with Crippen molar-refractivity contribution < 1.29 is 13.5 Å². The van der Waals surface area contributed by atoms with E-state index < -0.39 is 18.1 Å². The van der Waals surface area contributed by atoms with Gasteiger partial charge in [-0.15, -0.1) is 0 Å². The smallest absolute Gasteiger partial charge is 0.256 e. The fraction of sp³-hybridized carbons (Fsp3) is 1.00. The monoisotopic (exact) mass is 167 g/mol. The summed E-state index contributed by atoms with van der Waals surface area (Å²) in [7, 11) is 2.92. The Morgan fingerprint density at radius 2 is 1.82 bits per heavy atom. The van der Waals surface area contributed by atoms with Gasteiger partial charge in [-0.1, -0.05) is 0 Å². The van der Waals surface area contributed by atoms with E-state index in [2.05, 4.69) is 5.32 Å². The molecule has 2 nitrogen and oxygen atoms in total. The van der Waals surface area contributed by atoms with Crippen LogP contribution in [-0.2, 0) is 4.74 Å². The lowest BCUT2D eigenvalue weighted by Gasteiger charge is -2.31. The standard InChI is InChI=1S/C7H15F2NO/c1-7(2,11-4)5(10-3)6(8)9/h5-6,10H,1-4H3. The molecule has 0 spiro atoms. The molecule has 0 aliphatic rings. The summed E-state index contributed by atoms with van der Waals surface area (Å²) in [6.07, 6.45) is -2.41. The molecule has 1 N–H and O–H groups in total. The molecule has 0 aliphatic heterocycles. The third-order valence-electron chi connectivity index (χ3n) is 1.84. The lowest BCUT2D eigenvalue weighted by molar-refractivity contribution is -0.0599. The second-order valence-corrected chi connectivity index (χ2v) is 2.91. The topological polar surface area (TPSA) is 21.3 Å². The predicted octanol–water partition coefficient (Wildman–Crippen LogP) is 1.26. The lowest BCUT2D eigenvalue weighted by Crippen LogP contribution is -2.51. The molecule has 0 fully saturated rings. The number of halogens is 2. The maximum absolute atomic E-state index is 12.2. The van der Waals surface area contributed by atoms with Gasteiger partial charge in [-0.3, -0.25) is 0 Å². The summed E-state index contributed by atoms with van der Waals surface area (Å²) >= 11 is 0. The first-order chi connectivity index (χ1) is 4.95.